The van der Waals surface area contributed by atoms with E-state index in [1.54, 1.807) is 0 Å². The van der Waals surface area contributed by atoms with Crippen molar-refractivity contribution in [2.45, 2.75) is 4.90 Å². The van der Waals surface area contributed by atoms with Crippen molar-refractivity contribution >= 4 is 45.0 Å². The van der Waals surface area contributed by atoms with Crippen molar-refractivity contribution in [3.05, 3.63) is 52.1 Å². The van der Waals surface area contributed by atoms with E-state index in [0.717, 1.165) is 6.07 Å². The molecule has 0 unspecified atom stereocenters. The van der Waals surface area contributed by atoms with Gasteiger partial charge in [0.25, 0.3) is 10.0 Å². The van der Waals surface area contributed by atoms with Crippen molar-refractivity contribution < 1.29 is 18.3 Å². The molecule has 110 valence electrons. The molecular weight excluding hydrogens is 339 g/mol. The van der Waals surface area contributed by atoms with Crippen molar-refractivity contribution in [2.24, 2.45) is 0 Å². The van der Waals surface area contributed by atoms with Gasteiger partial charge in [0.1, 0.15) is 5.56 Å². The van der Waals surface area contributed by atoms with Crippen molar-refractivity contribution in [2.75, 3.05) is 4.72 Å². The van der Waals surface area contributed by atoms with Gasteiger partial charge in [0, 0.05) is 6.20 Å². The zero-order chi connectivity index (χ0) is 15.6. The van der Waals surface area contributed by atoms with E-state index in [1.807, 2.05) is 0 Å². The number of aromatic nitrogens is 1. The molecule has 1 aromatic carbocycles. The number of hydrogen-bond acceptors (Lipinski definition) is 4. The molecular formula is C12H8Cl2N2O4S. The molecule has 0 aliphatic heterocycles. The smallest absolute Gasteiger partial charge is 0.339 e. The normalized spacial score (nSPS) is 11.1. The molecule has 2 rings (SSSR count). The Hall–Kier alpha value is -1.83. The summed E-state index contributed by atoms with van der Waals surface area (Å²) in [5.41, 5.74) is -0.263. The minimum absolute atomic E-state index is 0.0685. The fourth-order valence-corrected chi connectivity index (χ4v) is 2.91. The van der Waals surface area contributed by atoms with Gasteiger partial charge in [0.05, 0.1) is 14.9 Å². The highest BCUT2D eigenvalue weighted by molar-refractivity contribution is 7.92. The Morgan fingerprint density at radius 2 is 1.90 bits per heavy atom. The summed E-state index contributed by atoms with van der Waals surface area (Å²) < 4.78 is 26.5. The van der Waals surface area contributed by atoms with Gasteiger partial charge in [-0.2, -0.15) is 0 Å². The Labute approximate surface area is 130 Å². The highest BCUT2D eigenvalue weighted by Gasteiger charge is 2.20. The van der Waals surface area contributed by atoms with Gasteiger partial charge in [-0.3, -0.25) is 4.72 Å². The molecule has 2 N–H and O–H groups in total. The second-order valence-electron chi connectivity index (χ2n) is 3.89. The third-order valence-corrected chi connectivity index (χ3v) is 4.55. The number of rotatable bonds is 4. The van der Waals surface area contributed by atoms with Crippen LogP contribution in [0.15, 0.2) is 41.4 Å². The van der Waals surface area contributed by atoms with E-state index in [0.29, 0.717) is 0 Å². The number of anilines is 1. The van der Waals surface area contributed by atoms with Crippen LogP contribution >= 0.6 is 23.2 Å². The Morgan fingerprint density at radius 3 is 2.52 bits per heavy atom. The highest BCUT2D eigenvalue weighted by Crippen LogP contribution is 2.26. The first-order chi connectivity index (χ1) is 9.81. The maximum atomic E-state index is 12.2. The Kier molecular flexibility index (Phi) is 4.36. The average Bonchev–Trinajstić information content (AvgIpc) is 2.41. The summed E-state index contributed by atoms with van der Waals surface area (Å²) in [5.74, 6) is -1.58. The average molecular weight is 347 g/mol. The molecule has 0 spiro atoms. The van der Waals surface area contributed by atoms with E-state index in [1.165, 1.54) is 30.5 Å². The van der Waals surface area contributed by atoms with Crippen LogP contribution in [0, 0.1) is 0 Å². The van der Waals surface area contributed by atoms with Crippen LogP contribution in [0.25, 0.3) is 0 Å². The van der Waals surface area contributed by atoms with Crippen LogP contribution < -0.4 is 4.72 Å². The lowest BCUT2D eigenvalue weighted by atomic mass is 10.3. The SMILES string of the molecule is O=C(O)c1cccnc1NS(=O)(=O)c1ccc(Cl)c(Cl)c1. The lowest BCUT2D eigenvalue weighted by Gasteiger charge is -2.09. The second kappa shape index (κ2) is 5.88. The lowest BCUT2D eigenvalue weighted by molar-refractivity contribution is 0.0697. The van der Waals surface area contributed by atoms with Crippen LogP contribution in [0.4, 0.5) is 5.82 Å². The minimum atomic E-state index is -4.03. The predicted molar refractivity (Wildman–Crippen MR) is 78.5 cm³/mol. The summed E-state index contributed by atoms with van der Waals surface area (Å²) in [4.78, 5) is 14.6. The molecule has 0 radical (unpaired) electrons. The van der Waals surface area contributed by atoms with Crippen LogP contribution in [-0.4, -0.2) is 24.5 Å². The van der Waals surface area contributed by atoms with Gasteiger partial charge in [0.15, 0.2) is 5.82 Å². The van der Waals surface area contributed by atoms with Crippen molar-refractivity contribution in [1.82, 2.24) is 4.98 Å². The number of aromatic carboxylic acids is 1. The highest BCUT2D eigenvalue weighted by atomic mass is 35.5. The van der Waals surface area contributed by atoms with Crippen LogP contribution in [0.3, 0.4) is 0 Å². The molecule has 0 aliphatic carbocycles. The first kappa shape index (κ1) is 15.6. The molecule has 0 amide bonds. The number of carboxylic acid groups (broad SMARTS) is 1. The number of carboxylic acids is 1. The maximum Gasteiger partial charge on any atom is 0.339 e. The van der Waals surface area contributed by atoms with E-state index < -0.39 is 16.0 Å². The van der Waals surface area contributed by atoms with E-state index in [4.69, 9.17) is 28.3 Å². The number of hydrogen-bond donors (Lipinski definition) is 2. The summed E-state index contributed by atoms with van der Waals surface area (Å²) in [6, 6.07) is 6.37. The number of pyridine rings is 1. The van der Waals surface area contributed by atoms with Crippen LogP contribution in [-0.2, 0) is 10.0 Å². The van der Waals surface area contributed by atoms with Crippen LogP contribution in [0.1, 0.15) is 10.4 Å². The molecule has 1 aromatic heterocycles. The largest absolute Gasteiger partial charge is 0.478 e. The van der Waals surface area contributed by atoms with Crippen molar-refractivity contribution in [3.63, 3.8) is 0 Å². The molecule has 6 nitrogen and oxygen atoms in total. The van der Waals surface area contributed by atoms with Crippen molar-refractivity contribution in [3.8, 4) is 0 Å². The summed E-state index contributed by atoms with van der Waals surface area (Å²) in [7, 11) is -4.03. The van der Waals surface area contributed by atoms with Crippen molar-refractivity contribution in [1.29, 1.82) is 0 Å². The fraction of sp³-hybridized carbons (Fsp3) is 0. The number of nitrogens with one attached hydrogen (secondary N) is 1. The second-order valence-corrected chi connectivity index (χ2v) is 6.38. The quantitative estimate of drug-likeness (QED) is 0.887. The van der Waals surface area contributed by atoms with Gasteiger partial charge in [0.2, 0.25) is 0 Å². The number of nitrogens with zero attached hydrogens (tertiary/aromatic N) is 1. The Morgan fingerprint density at radius 1 is 1.19 bits per heavy atom. The Bertz CT molecular complexity index is 809. The molecule has 0 saturated carbocycles. The standard InChI is InChI=1S/C12H8Cl2N2O4S/c13-9-4-3-7(6-10(9)14)21(19,20)16-11-8(12(17)18)2-1-5-15-11/h1-6H,(H,15,16)(H,17,18). The van der Waals surface area contributed by atoms with E-state index in [9.17, 15) is 13.2 Å². The van der Waals surface area contributed by atoms with Gasteiger partial charge in [-0.25, -0.2) is 18.2 Å². The maximum absolute atomic E-state index is 12.2. The van der Waals surface area contributed by atoms with Gasteiger partial charge in [-0.1, -0.05) is 23.2 Å². The number of halogens is 2. The summed E-state index contributed by atoms with van der Waals surface area (Å²) in [5, 5.41) is 9.28. The fourth-order valence-electron chi connectivity index (χ4n) is 1.49. The monoisotopic (exact) mass is 346 g/mol. The molecule has 9 heteroatoms. The molecule has 1 heterocycles. The molecule has 0 saturated heterocycles. The van der Waals surface area contributed by atoms with Gasteiger partial charge in [-0.15, -0.1) is 0 Å². The number of sulfonamides is 1. The minimum Gasteiger partial charge on any atom is -0.478 e. The van der Waals surface area contributed by atoms with E-state index in [2.05, 4.69) is 9.71 Å². The first-order valence-corrected chi connectivity index (χ1v) is 7.71. The predicted octanol–water partition coefficient (Wildman–Crippen LogP) is 2.89. The number of benzene rings is 1. The lowest BCUT2D eigenvalue weighted by Crippen LogP contribution is -2.16. The topological polar surface area (TPSA) is 96.4 Å². The van der Waals surface area contributed by atoms with Gasteiger partial charge < -0.3 is 5.11 Å². The molecule has 0 bridgehead atoms. The zero-order valence-electron chi connectivity index (χ0n) is 10.2. The summed E-state index contributed by atoms with van der Waals surface area (Å²) >= 11 is 11.5. The van der Waals surface area contributed by atoms with Gasteiger partial charge in [-0.05, 0) is 30.3 Å². The van der Waals surface area contributed by atoms with E-state index >= 15 is 0 Å². The molecule has 0 aliphatic rings. The Balaban J connectivity index is 2.42. The first-order valence-electron chi connectivity index (χ1n) is 5.47. The molecule has 21 heavy (non-hydrogen) atoms. The van der Waals surface area contributed by atoms with E-state index in [-0.39, 0.29) is 26.3 Å². The summed E-state index contributed by atoms with van der Waals surface area (Å²) in [6.45, 7) is 0. The molecule has 2 aromatic rings. The number of carbonyl (C=O) groups is 1. The molecule has 0 atom stereocenters. The third-order valence-electron chi connectivity index (χ3n) is 2.47. The van der Waals surface area contributed by atoms with Crippen LogP contribution in [0.5, 0.6) is 0 Å². The zero-order valence-corrected chi connectivity index (χ0v) is 12.6. The summed E-state index contributed by atoms with van der Waals surface area (Å²) in [6.07, 6.45) is 1.28. The van der Waals surface area contributed by atoms with Crippen LogP contribution in [0.2, 0.25) is 10.0 Å². The third kappa shape index (κ3) is 3.44. The molecule has 0 fully saturated rings. The van der Waals surface area contributed by atoms with Gasteiger partial charge >= 0.3 is 5.97 Å².